The van der Waals surface area contributed by atoms with Gasteiger partial charge in [0.25, 0.3) is 5.91 Å². The van der Waals surface area contributed by atoms with E-state index in [9.17, 15) is 22.8 Å². The van der Waals surface area contributed by atoms with Crippen LogP contribution in [0.2, 0.25) is 5.02 Å². The molecule has 0 radical (unpaired) electrons. The van der Waals surface area contributed by atoms with Gasteiger partial charge in [-0.05, 0) is 48.9 Å². The first-order valence-corrected chi connectivity index (χ1v) is 12.2. The van der Waals surface area contributed by atoms with Crippen molar-refractivity contribution in [3.63, 3.8) is 0 Å². The standard InChI is InChI=1S/C27H25ClF3N3O4/c1-16(17-6-8-18(9-7-17)26(36)37-2)33-25(35)23-13-20(28)14-32-24(23)34-11-10-22(15-34)38-21-5-3-4-19(12-21)27(29,30)31/h3-9,12-14,16,22H,10-11,15H2,1-2H3,(H,33,35)/t16-,22?/m0/s1. The summed E-state index contributed by atoms with van der Waals surface area (Å²) in [5.41, 5.74) is 0.651. The number of carbonyl (C=O) groups excluding carboxylic acids is 2. The van der Waals surface area contributed by atoms with Gasteiger partial charge in [-0.25, -0.2) is 9.78 Å². The maximum Gasteiger partial charge on any atom is 0.416 e. The number of methoxy groups -OCH3 is 1. The van der Waals surface area contributed by atoms with Crippen molar-refractivity contribution in [3.05, 3.63) is 88.1 Å². The van der Waals surface area contributed by atoms with Crippen LogP contribution >= 0.6 is 11.6 Å². The summed E-state index contributed by atoms with van der Waals surface area (Å²) in [5.74, 6) is -0.332. The molecule has 2 heterocycles. The van der Waals surface area contributed by atoms with Crippen LogP contribution in [0.25, 0.3) is 0 Å². The van der Waals surface area contributed by atoms with Crippen molar-refractivity contribution >= 4 is 29.3 Å². The van der Waals surface area contributed by atoms with E-state index in [1.807, 2.05) is 4.90 Å². The molecule has 3 aromatic rings. The van der Waals surface area contributed by atoms with Crippen molar-refractivity contribution in [2.75, 3.05) is 25.1 Å². The molecule has 1 N–H and O–H groups in total. The number of rotatable bonds is 7. The van der Waals surface area contributed by atoms with Gasteiger partial charge in [-0.3, -0.25) is 4.79 Å². The highest BCUT2D eigenvalue weighted by molar-refractivity contribution is 6.31. The van der Waals surface area contributed by atoms with Crippen molar-refractivity contribution in [3.8, 4) is 5.75 Å². The Morgan fingerprint density at radius 3 is 2.58 bits per heavy atom. The summed E-state index contributed by atoms with van der Waals surface area (Å²) in [7, 11) is 1.30. The number of hydrogen-bond donors (Lipinski definition) is 1. The average molecular weight is 548 g/mol. The third-order valence-electron chi connectivity index (χ3n) is 6.17. The Labute approximate surface area is 222 Å². The van der Waals surface area contributed by atoms with Crippen molar-refractivity contribution in [2.24, 2.45) is 0 Å². The van der Waals surface area contributed by atoms with Crippen LogP contribution in [0.3, 0.4) is 0 Å². The Kier molecular flexibility index (Phi) is 8.11. The molecule has 1 unspecified atom stereocenters. The molecule has 11 heteroatoms. The molecule has 200 valence electrons. The van der Waals surface area contributed by atoms with Gasteiger partial charge in [-0.2, -0.15) is 13.2 Å². The van der Waals surface area contributed by atoms with E-state index in [1.54, 1.807) is 31.2 Å². The number of esters is 1. The summed E-state index contributed by atoms with van der Waals surface area (Å²) in [6.07, 6.45) is -2.88. The minimum atomic E-state index is -4.46. The number of benzene rings is 2. The van der Waals surface area contributed by atoms with Gasteiger partial charge in [0.05, 0.1) is 41.4 Å². The molecule has 38 heavy (non-hydrogen) atoms. The summed E-state index contributed by atoms with van der Waals surface area (Å²) in [6, 6.07) is 12.6. The molecular weight excluding hydrogens is 523 g/mol. The van der Waals surface area contributed by atoms with E-state index < -0.39 is 29.7 Å². The van der Waals surface area contributed by atoms with Crippen LogP contribution in [0, 0.1) is 0 Å². The number of nitrogens with zero attached hydrogens (tertiary/aromatic N) is 2. The Balaban J connectivity index is 1.45. The lowest BCUT2D eigenvalue weighted by molar-refractivity contribution is -0.137. The molecule has 7 nitrogen and oxygen atoms in total. The van der Waals surface area contributed by atoms with Crippen molar-refractivity contribution in [2.45, 2.75) is 31.7 Å². The minimum absolute atomic E-state index is 0.126. The number of alkyl halides is 3. The van der Waals surface area contributed by atoms with E-state index in [1.165, 1.54) is 31.5 Å². The van der Waals surface area contributed by atoms with Crippen LogP contribution < -0.4 is 15.0 Å². The molecular formula is C27H25ClF3N3O4. The predicted octanol–water partition coefficient (Wildman–Crippen LogP) is 5.69. The number of hydrogen-bond acceptors (Lipinski definition) is 6. The Morgan fingerprint density at radius 1 is 1.16 bits per heavy atom. The fourth-order valence-electron chi connectivity index (χ4n) is 4.19. The number of halogens is 4. The maximum absolute atomic E-state index is 13.2. The number of anilines is 1. The number of carbonyl (C=O) groups is 2. The quantitative estimate of drug-likeness (QED) is 0.383. The molecule has 0 spiro atoms. The van der Waals surface area contributed by atoms with Crippen LogP contribution in [0.1, 0.15) is 51.2 Å². The van der Waals surface area contributed by atoms with Crippen LogP contribution in [-0.4, -0.2) is 43.2 Å². The first-order chi connectivity index (χ1) is 18.0. The Morgan fingerprint density at radius 2 is 1.89 bits per heavy atom. The summed E-state index contributed by atoms with van der Waals surface area (Å²) in [6.45, 7) is 2.62. The van der Waals surface area contributed by atoms with Crippen molar-refractivity contribution in [1.29, 1.82) is 0 Å². The van der Waals surface area contributed by atoms with E-state index in [0.717, 1.165) is 17.7 Å². The van der Waals surface area contributed by atoms with Crippen LogP contribution in [-0.2, 0) is 10.9 Å². The zero-order valence-corrected chi connectivity index (χ0v) is 21.3. The second kappa shape index (κ2) is 11.3. The fraction of sp³-hybridized carbons (Fsp3) is 0.296. The van der Waals surface area contributed by atoms with E-state index in [0.29, 0.717) is 30.9 Å². The summed E-state index contributed by atoms with van der Waals surface area (Å²) in [4.78, 5) is 31.1. The second-order valence-electron chi connectivity index (χ2n) is 8.83. The monoisotopic (exact) mass is 547 g/mol. The van der Waals surface area contributed by atoms with Crippen molar-refractivity contribution < 1.29 is 32.2 Å². The Bertz CT molecular complexity index is 1320. The van der Waals surface area contributed by atoms with Gasteiger partial charge in [0.1, 0.15) is 17.7 Å². The first kappa shape index (κ1) is 27.3. The average Bonchev–Trinajstić information content (AvgIpc) is 3.36. The van der Waals surface area contributed by atoms with Gasteiger partial charge < -0.3 is 19.7 Å². The zero-order valence-electron chi connectivity index (χ0n) is 20.6. The summed E-state index contributed by atoms with van der Waals surface area (Å²) < 4.78 is 49.6. The Hall–Kier alpha value is -3.79. The van der Waals surface area contributed by atoms with Gasteiger partial charge in [-0.15, -0.1) is 0 Å². The van der Waals surface area contributed by atoms with Gasteiger partial charge >= 0.3 is 12.1 Å². The fourth-order valence-corrected chi connectivity index (χ4v) is 4.35. The topological polar surface area (TPSA) is 80.8 Å². The predicted molar refractivity (Wildman–Crippen MR) is 136 cm³/mol. The van der Waals surface area contributed by atoms with Crippen LogP contribution in [0.15, 0.2) is 60.8 Å². The second-order valence-corrected chi connectivity index (χ2v) is 9.27. The molecule has 0 aliphatic carbocycles. The van der Waals surface area contributed by atoms with E-state index in [2.05, 4.69) is 10.3 Å². The molecule has 2 atom stereocenters. The number of pyridine rings is 1. The maximum atomic E-state index is 13.2. The molecule has 0 saturated carbocycles. The third-order valence-corrected chi connectivity index (χ3v) is 6.37. The molecule has 1 saturated heterocycles. The summed E-state index contributed by atoms with van der Waals surface area (Å²) >= 11 is 6.15. The van der Waals surface area contributed by atoms with Gasteiger partial charge in [0.2, 0.25) is 0 Å². The van der Waals surface area contributed by atoms with Gasteiger partial charge in [0, 0.05) is 19.2 Å². The smallest absolute Gasteiger partial charge is 0.416 e. The zero-order chi connectivity index (χ0) is 27.4. The number of amides is 1. The normalized spacial score (nSPS) is 16.2. The third kappa shape index (κ3) is 6.36. The molecule has 4 rings (SSSR count). The number of nitrogens with one attached hydrogen (secondary N) is 1. The first-order valence-electron chi connectivity index (χ1n) is 11.8. The molecule has 1 fully saturated rings. The highest BCUT2D eigenvalue weighted by Crippen LogP contribution is 2.33. The van der Waals surface area contributed by atoms with E-state index in [-0.39, 0.29) is 22.4 Å². The molecule has 1 amide bonds. The van der Waals surface area contributed by atoms with E-state index in [4.69, 9.17) is 21.1 Å². The van der Waals surface area contributed by atoms with Crippen LogP contribution in [0.4, 0.5) is 19.0 Å². The van der Waals surface area contributed by atoms with Gasteiger partial charge in [-0.1, -0.05) is 29.8 Å². The number of ether oxygens (including phenoxy) is 2. The van der Waals surface area contributed by atoms with Crippen LogP contribution in [0.5, 0.6) is 5.75 Å². The lowest BCUT2D eigenvalue weighted by Gasteiger charge is -2.22. The molecule has 1 aliphatic heterocycles. The summed E-state index contributed by atoms with van der Waals surface area (Å²) in [5, 5.41) is 3.20. The largest absolute Gasteiger partial charge is 0.489 e. The molecule has 1 aliphatic rings. The highest BCUT2D eigenvalue weighted by atomic mass is 35.5. The molecule has 1 aromatic heterocycles. The number of aromatic nitrogens is 1. The lowest BCUT2D eigenvalue weighted by atomic mass is 10.1. The van der Waals surface area contributed by atoms with E-state index >= 15 is 0 Å². The minimum Gasteiger partial charge on any atom is -0.489 e. The highest BCUT2D eigenvalue weighted by Gasteiger charge is 2.32. The SMILES string of the molecule is COC(=O)c1ccc([C@H](C)NC(=O)c2cc(Cl)cnc2N2CCC(Oc3cccc(C(F)(F)F)c3)C2)cc1. The lowest BCUT2D eigenvalue weighted by Crippen LogP contribution is -2.31. The van der Waals surface area contributed by atoms with Gasteiger partial charge in [0.15, 0.2) is 0 Å². The van der Waals surface area contributed by atoms with Crippen molar-refractivity contribution in [1.82, 2.24) is 10.3 Å². The molecule has 0 bridgehead atoms. The molecule has 2 aromatic carbocycles.